The van der Waals surface area contributed by atoms with Crippen molar-refractivity contribution in [3.05, 3.63) is 76.4 Å². The molecule has 2 aliphatic carbocycles. The maximum Gasteiger partial charge on any atom is 0.258 e. The van der Waals surface area contributed by atoms with Crippen LogP contribution in [0.3, 0.4) is 0 Å². The van der Waals surface area contributed by atoms with Crippen LogP contribution in [0.2, 0.25) is 0 Å². The lowest BCUT2D eigenvalue weighted by atomic mass is 9.57. The minimum absolute atomic E-state index is 0.0527. The number of benzene rings is 2. The van der Waals surface area contributed by atoms with Gasteiger partial charge in [-0.1, -0.05) is 25.1 Å². The number of likely N-dealkylation sites (tertiary alicyclic amines) is 1. The van der Waals surface area contributed by atoms with Crippen molar-refractivity contribution in [2.45, 2.75) is 76.3 Å². The standard InChI is InChI=1S/C33H38N6O/c1-22-5-4-10-38(18-22)19-23-11-28(25-8-9-25)30-20-39(32(40)29(30)12-23)27-7-3-6-26(13-27)33(14-24(15-33)17-34)16-31-36-35-21-37(31)2/h3,6-7,11-13,21-22,24-25H,4-5,8-10,14-16,18-20H2,1-2H3/t22-,24?,33?/m0/s1. The highest BCUT2D eigenvalue weighted by Crippen LogP contribution is 2.51. The van der Waals surface area contributed by atoms with Crippen LogP contribution in [0.25, 0.3) is 0 Å². The van der Waals surface area contributed by atoms with Gasteiger partial charge in [0.1, 0.15) is 12.2 Å². The Morgan fingerprint density at radius 3 is 2.73 bits per heavy atom. The lowest BCUT2D eigenvalue weighted by Gasteiger charge is -2.45. The first-order chi connectivity index (χ1) is 19.4. The van der Waals surface area contributed by atoms with E-state index in [1.165, 1.54) is 47.9 Å². The van der Waals surface area contributed by atoms with Crippen LogP contribution in [0.5, 0.6) is 0 Å². The maximum absolute atomic E-state index is 14.0. The van der Waals surface area contributed by atoms with Crippen molar-refractivity contribution in [1.29, 1.82) is 5.26 Å². The topological polar surface area (TPSA) is 78.1 Å². The molecule has 2 aliphatic heterocycles. The predicted octanol–water partition coefficient (Wildman–Crippen LogP) is 5.50. The van der Waals surface area contributed by atoms with Gasteiger partial charge in [-0.2, -0.15) is 5.26 Å². The van der Waals surface area contributed by atoms with Crippen molar-refractivity contribution in [1.82, 2.24) is 19.7 Å². The molecule has 1 aromatic heterocycles. The van der Waals surface area contributed by atoms with Crippen molar-refractivity contribution >= 4 is 11.6 Å². The number of nitrogens with zero attached hydrogens (tertiary/aromatic N) is 6. The molecule has 2 aromatic carbocycles. The minimum Gasteiger partial charge on any atom is -0.321 e. The van der Waals surface area contributed by atoms with Crippen LogP contribution in [-0.4, -0.2) is 38.7 Å². The van der Waals surface area contributed by atoms with E-state index in [4.69, 9.17) is 0 Å². The van der Waals surface area contributed by atoms with Gasteiger partial charge in [0, 0.05) is 49.1 Å². The molecule has 40 heavy (non-hydrogen) atoms. The van der Waals surface area contributed by atoms with Crippen molar-refractivity contribution in [2.24, 2.45) is 18.9 Å². The van der Waals surface area contributed by atoms with E-state index in [1.54, 1.807) is 6.33 Å². The fourth-order valence-corrected chi connectivity index (χ4v) is 7.48. The van der Waals surface area contributed by atoms with Gasteiger partial charge < -0.3 is 9.47 Å². The second-order valence-electron chi connectivity index (χ2n) is 13.0. The van der Waals surface area contributed by atoms with Gasteiger partial charge in [0.05, 0.1) is 12.6 Å². The fourth-order valence-electron chi connectivity index (χ4n) is 7.48. The Bertz CT molecular complexity index is 1490. The summed E-state index contributed by atoms with van der Waals surface area (Å²) in [7, 11) is 1.97. The molecular weight excluding hydrogens is 496 g/mol. The predicted molar refractivity (Wildman–Crippen MR) is 154 cm³/mol. The monoisotopic (exact) mass is 534 g/mol. The van der Waals surface area contributed by atoms with E-state index in [1.807, 2.05) is 16.5 Å². The molecule has 3 aromatic rings. The summed E-state index contributed by atoms with van der Waals surface area (Å²) in [6, 6.07) is 15.6. The average Bonchev–Trinajstić information content (AvgIpc) is 3.62. The summed E-state index contributed by atoms with van der Waals surface area (Å²) in [4.78, 5) is 18.5. The van der Waals surface area contributed by atoms with Gasteiger partial charge in [-0.25, -0.2) is 0 Å². The average molecular weight is 535 g/mol. The molecule has 7 nitrogen and oxygen atoms in total. The van der Waals surface area contributed by atoms with E-state index in [-0.39, 0.29) is 17.2 Å². The van der Waals surface area contributed by atoms with Gasteiger partial charge >= 0.3 is 0 Å². The number of carbonyl (C=O) groups is 1. The van der Waals surface area contributed by atoms with Crippen molar-refractivity contribution in [3.8, 4) is 6.07 Å². The summed E-state index contributed by atoms with van der Waals surface area (Å²) < 4.78 is 1.97. The number of rotatable bonds is 7. The van der Waals surface area contributed by atoms with Crippen LogP contribution in [0.15, 0.2) is 42.7 Å². The molecular formula is C33H38N6O. The van der Waals surface area contributed by atoms with Crippen LogP contribution in [0.1, 0.15) is 89.8 Å². The molecule has 4 aliphatic rings. The zero-order valence-corrected chi connectivity index (χ0v) is 23.6. The van der Waals surface area contributed by atoms with Crippen LogP contribution in [-0.2, 0) is 32.0 Å². The molecule has 0 unspecified atom stereocenters. The molecule has 3 fully saturated rings. The number of anilines is 1. The van der Waals surface area contributed by atoms with E-state index in [2.05, 4.69) is 64.5 Å². The SMILES string of the molecule is C[C@H]1CCCN(Cc2cc3c(c(C4CC4)c2)CN(c2cccc(C4(Cc5nncn5C)CC(C#N)C4)c2)C3=O)C1. The first-order valence-corrected chi connectivity index (χ1v) is 15.0. The van der Waals surface area contributed by atoms with Gasteiger partial charge in [-0.15, -0.1) is 10.2 Å². The Morgan fingerprint density at radius 1 is 1.15 bits per heavy atom. The summed E-state index contributed by atoms with van der Waals surface area (Å²) in [6.07, 6.45) is 9.11. The molecule has 3 heterocycles. The molecule has 206 valence electrons. The summed E-state index contributed by atoms with van der Waals surface area (Å²) in [5.41, 5.74) is 6.80. The molecule has 7 heteroatoms. The Kier molecular flexibility index (Phi) is 6.27. The summed E-state index contributed by atoms with van der Waals surface area (Å²) in [5, 5.41) is 18.0. The molecule has 1 saturated heterocycles. The third-order valence-corrected chi connectivity index (χ3v) is 9.83. The van der Waals surface area contributed by atoms with Crippen molar-refractivity contribution in [3.63, 3.8) is 0 Å². The normalized spacial score (nSPS) is 26.4. The van der Waals surface area contributed by atoms with E-state index in [9.17, 15) is 10.1 Å². The van der Waals surface area contributed by atoms with Gasteiger partial charge in [-0.3, -0.25) is 9.69 Å². The third kappa shape index (κ3) is 4.53. The van der Waals surface area contributed by atoms with Crippen molar-refractivity contribution in [2.75, 3.05) is 18.0 Å². The zero-order chi connectivity index (χ0) is 27.4. The molecule has 2 saturated carbocycles. The second kappa shape index (κ2) is 9.85. The molecule has 1 atom stereocenters. The molecule has 1 amide bonds. The van der Waals surface area contributed by atoms with Gasteiger partial charge in [-0.05, 0) is 97.4 Å². The number of hydrogen-bond donors (Lipinski definition) is 0. The molecule has 0 bridgehead atoms. The van der Waals surface area contributed by atoms with E-state index >= 15 is 0 Å². The van der Waals surface area contributed by atoms with Gasteiger partial charge in [0.15, 0.2) is 0 Å². The number of amides is 1. The Labute approximate surface area is 236 Å². The van der Waals surface area contributed by atoms with E-state index in [0.29, 0.717) is 12.5 Å². The Balaban J connectivity index is 1.18. The third-order valence-electron chi connectivity index (χ3n) is 9.83. The van der Waals surface area contributed by atoms with E-state index < -0.39 is 0 Å². The number of nitriles is 1. The first-order valence-electron chi connectivity index (χ1n) is 15.0. The highest BCUT2D eigenvalue weighted by Gasteiger charge is 2.47. The lowest BCUT2D eigenvalue weighted by Crippen LogP contribution is -2.43. The number of aryl methyl sites for hydroxylation is 1. The maximum atomic E-state index is 14.0. The molecule has 7 rings (SSSR count). The number of piperidine rings is 1. The van der Waals surface area contributed by atoms with Crippen LogP contribution >= 0.6 is 0 Å². The van der Waals surface area contributed by atoms with Crippen LogP contribution < -0.4 is 4.90 Å². The minimum atomic E-state index is -0.162. The summed E-state index contributed by atoms with van der Waals surface area (Å²) in [5.74, 6) is 2.44. The highest BCUT2D eigenvalue weighted by molar-refractivity contribution is 6.10. The van der Waals surface area contributed by atoms with E-state index in [0.717, 1.165) is 61.9 Å². The lowest BCUT2D eigenvalue weighted by molar-refractivity contribution is 0.0996. The number of hydrogen-bond acceptors (Lipinski definition) is 5. The zero-order valence-electron chi connectivity index (χ0n) is 23.6. The first kappa shape index (κ1) is 25.5. The number of fused-ring (bicyclic) bond motifs is 1. The van der Waals surface area contributed by atoms with Crippen LogP contribution in [0.4, 0.5) is 5.69 Å². The molecule has 0 spiro atoms. The van der Waals surface area contributed by atoms with Crippen molar-refractivity contribution < 1.29 is 4.79 Å². The summed E-state index contributed by atoms with van der Waals surface area (Å²) in [6.45, 7) is 6.22. The fraction of sp³-hybridized carbons (Fsp3) is 0.515. The molecule has 0 radical (unpaired) electrons. The van der Waals surface area contributed by atoms with Crippen LogP contribution in [0, 0.1) is 23.2 Å². The number of aromatic nitrogens is 3. The summed E-state index contributed by atoms with van der Waals surface area (Å²) >= 11 is 0. The smallest absolute Gasteiger partial charge is 0.258 e. The largest absolute Gasteiger partial charge is 0.321 e. The van der Waals surface area contributed by atoms with Gasteiger partial charge in [0.25, 0.3) is 5.91 Å². The number of carbonyl (C=O) groups excluding carboxylic acids is 1. The Hall–Kier alpha value is -3.50. The van der Waals surface area contributed by atoms with Gasteiger partial charge in [0.2, 0.25) is 0 Å². The Morgan fingerprint density at radius 2 is 2.00 bits per heavy atom. The molecule has 0 N–H and O–H groups in total. The second-order valence-corrected chi connectivity index (χ2v) is 13.0. The quantitative estimate of drug-likeness (QED) is 0.400. The highest BCUT2D eigenvalue weighted by atomic mass is 16.2.